The van der Waals surface area contributed by atoms with Crippen LogP contribution in [0.1, 0.15) is 0 Å². The van der Waals surface area contributed by atoms with E-state index in [1.807, 2.05) is 48.5 Å². The molecule has 84 valence electrons. The molecular formula is C13H10BrN3. The Morgan fingerprint density at radius 2 is 1.82 bits per heavy atom. The summed E-state index contributed by atoms with van der Waals surface area (Å²) in [5.74, 6) is 0.665. The summed E-state index contributed by atoms with van der Waals surface area (Å²) in [7, 11) is 0. The van der Waals surface area contributed by atoms with Crippen LogP contribution < -0.4 is 5.73 Å². The van der Waals surface area contributed by atoms with Gasteiger partial charge in [-0.15, -0.1) is 0 Å². The fourth-order valence-corrected chi connectivity index (χ4v) is 2.19. The minimum atomic E-state index is 0.665. The average Bonchev–Trinajstić information content (AvgIpc) is 2.67. The maximum Gasteiger partial charge on any atom is 0.135 e. The van der Waals surface area contributed by atoms with Gasteiger partial charge in [-0.1, -0.05) is 34.1 Å². The van der Waals surface area contributed by atoms with E-state index in [1.165, 1.54) is 0 Å². The van der Waals surface area contributed by atoms with Gasteiger partial charge >= 0.3 is 0 Å². The van der Waals surface area contributed by atoms with Crippen LogP contribution >= 0.6 is 15.9 Å². The quantitative estimate of drug-likeness (QED) is 0.746. The number of benzene rings is 2. The molecule has 17 heavy (non-hydrogen) atoms. The molecule has 0 atom stereocenters. The Kier molecular flexibility index (Phi) is 2.37. The predicted octanol–water partition coefficient (Wildman–Crippen LogP) is 3.37. The normalized spacial score (nSPS) is 10.9. The number of hydrogen-bond donors (Lipinski definition) is 1. The average molecular weight is 288 g/mol. The Morgan fingerprint density at radius 1 is 1.06 bits per heavy atom. The Balaban J connectivity index is 2.28. The third-order valence-electron chi connectivity index (χ3n) is 2.67. The minimum Gasteiger partial charge on any atom is -0.383 e. The van der Waals surface area contributed by atoms with Crippen LogP contribution in [0.25, 0.3) is 16.6 Å². The first kappa shape index (κ1) is 10.4. The van der Waals surface area contributed by atoms with Crippen molar-refractivity contribution in [2.75, 3.05) is 5.73 Å². The maximum atomic E-state index is 6.11. The van der Waals surface area contributed by atoms with Gasteiger partial charge in [0.25, 0.3) is 0 Å². The van der Waals surface area contributed by atoms with Gasteiger partial charge in [-0.2, -0.15) is 5.10 Å². The van der Waals surface area contributed by atoms with E-state index in [0.29, 0.717) is 5.82 Å². The van der Waals surface area contributed by atoms with Crippen molar-refractivity contribution in [1.82, 2.24) is 9.78 Å². The number of fused-ring (bicyclic) bond motifs is 1. The number of nitrogens with two attached hydrogens (primary N) is 1. The molecule has 3 nitrogen and oxygen atoms in total. The van der Waals surface area contributed by atoms with Crippen LogP contribution in [0.5, 0.6) is 0 Å². The summed E-state index contributed by atoms with van der Waals surface area (Å²) in [5, 5.41) is 5.47. The fraction of sp³-hybridized carbons (Fsp3) is 0. The number of para-hydroxylation sites is 1. The van der Waals surface area contributed by atoms with Gasteiger partial charge in [-0.3, -0.25) is 0 Å². The monoisotopic (exact) mass is 287 g/mol. The molecule has 0 unspecified atom stereocenters. The molecule has 3 rings (SSSR count). The number of anilines is 1. The fourth-order valence-electron chi connectivity index (χ4n) is 1.85. The third-order valence-corrected chi connectivity index (χ3v) is 3.17. The van der Waals surface area contributed by atoms with Gasteiger partial charge in [0.2, 0.25) is 0 Å². The lowest BCUT2D eigenvalue weighted by Crippen LogP contribution is -2.00. The molecule has 0 saturated carbocycles. The molecular weight excluding hydrogens is 278 g/mol. The number of nitrogens with zero attached hydrogens (tertiary/aromatic N) is 2. The van der Waals surface area contributed by atoms with Gasteiger partial charge < -0.3 is 5.73 Å². The van der Waals surface area contributed by atoms with Crippen molar-refractivity contribution >= 4 is 32.7 Å². The van der Waals surface area contributed by atoms with Gasteiger partial charge in [0.15, 0.2) is 0 Å². The van der Waals surface area contributed by atoms with E-state index >= 15 is 0 Å². The van der Waals surface area contributed by atoms with Crippen LogP contribution in [-0.4, -0.2) is 9.78 Å². The Hall–Kier alpha value is -1.81. The van der Waals surface area contributed by atoms with Crippen LogP contribution in [0.4, 0.5) is 5.82 Å². The second-order valence-electron chi connectivity index (χ2n) is 3.79. The molecule has 3 aromatic rings. The van der Waals surface area contributed by atoms with Crippen molar-refractivity contribution in [2.45, 2.75) is 0 Å². The zero-order valence-electron chi connectivity index (χ0n) is 8.97. The van der Waals surface area contributed by atoms with Crippen molar-refractivity contribution in [2.24, 2.45) is 0 Å². The SMILES string of the molecule is Nc1c2ccc(Br)cc2nn1-c1ccccc1. The van der Waals surface area contributed by atoms with Crippen molar-refractivity contribution in [3.8, 4) is 5.69 Å². The van der Waals surface area contributed by atoms with Crippen LogP contribution in [0, 0.1) is 0 Å². The summed E-state index contributed by atoms with van der Waals surface area (Å²) < 4.78 is 2.76. The topological polar surface area (TPSA) is 43.8 Å². The first-order valence-electron chi connectivity index (χ1n) is 5.25. The van der Waals surface area contributed by atoms with Crippen molar-refractivity contribution in [3.05, 3.63) is 53.0 Å². The van der Waals surface area contributed by atoms with E-state index in [4.69, 9.17) is 5.73 Å². The van der Waals surface area contributed by atoms with Gasteiger partial charge in [-0.25, -0.2) is 4.68 Å². The number of hydrogen-bond acceptors (Lipinski definition) is 2. The molecule has 2 aromatic carbocycles. The summed E-state index contributed by atoms with van der Waals surface area (Å²) in [5.41, 5.74) is 7.97. The van der Waals surface area contributed by atoms with E-state index in [1.54, 1.807) is 4.68 Å². The molecule has 0 fully saturated rings. The molecule has 1 aromatic heterocycles. The largest absolute Gasteiger partial charge is 0.383 e. The number of rotatable bonds is 1. The molecule has 4 heteroatoms. The summed E-state index contributed by atoms with van der Waals surface area (Å²) in [6.07, 6.45) is 0. The molecule has 0 saturated heterocycles. The van der Waals surface area contributed by atoms with Crippen LogP contribution in [-0.2, 0) is 0 Å². The van der Waals surface area contributed by atoms with Crippen molar-refractivity contribution in [3.63, 3.8) is 0 Å². The second kappa shape index (κ2) is 3.89. The molecule has 0 aliphatic heterocycles. The van der Waals surface area contributed by atoms with E-state index in [-0.39, 0.29) is 0 Å². The summed E-state index contributed by atoms with van der Waals surface area (Å²) in [4.78, 5) is 0. The van der Waals surface area contributed by atoms with Gasteiger partial charge in [0.1, 0.15) is 5.82 Å². The predicted molar refractivity (Wildman–Crippen MR) is 73.2 cm³/mol. The van der Waals surface area contributed by atoms with Crippen LogP contribution in [0.2, 0.25) is 0 Å². The zero-order valence-corrected chi connectivity index (χ0v) is 10.6. The summed E-state index contributed by atoms with van der Waals surface area (Å²) in [6, 6.07) is 15.8. The standard InChI is InChI=1S/C13H10BrN3/c14-9-6-7-11-12(8-9)16-17(13(11)15)10-4-2-1-3-5-10/h1-8H,15H2. The first-order chi connectivity index (χ1) is 8.25. The highest BCUT2D eigenvalue weighted by molar-refractivity contribution is 9.10. The highest BCUT2D eigenvalue weighted by atomic mass is 79.9. The molecule has 0 aliphatic rings. The smallest absolute Gasteiger partial charge is 0.135 e. The van der Waals surface area contributed by atoms with Gasteiger partial charge in [-0.05, 0) is 30.3 Å². The van der Waals surface area contributed by atoms with Crippen LogP contribution in [0.3, 0.4) is 0 Å². The summed E-state index contributed by atoms with van der Waals surface area (Å²) >= 11 is 3.43. The lowest BCUT2D eigenvalue weighted by molar-refractivity contribution is 0.907. The van der Waals surface area contributed by atoms with Crippen LogP contribution in [0.15, 0.2) is 53.0 Å². The van der Waals surface area contributed by atoms with E-state index in [0.717, 1.165) is 21.1 Å². The van der Waals surface area contributed by atoms with Crippen molar-refractivity contribution < 1.29 is 0 Å². The van der Waals surface area contributed by atoms with Gasteiger partial charge in [0.05, 0.1) is 11.2 Å². The molecule has 1 heterocycles. The second-order valence-corrected chi connectivity index (χ2v) is 4.71. The van der Waals surface area contributed by atoms with E-state index in [2.05, 4.69) is 21.0 Å². The number of halogens is 1. The number of nitrogen functional groups attached to an aromatic ring is 1. The molecule has 2 N–H and O–H groups in total. The lowest BCUT2D eigenvalue weighted by atomic mass is 10.2. The molecule has 0 bridgehead atoms. The zero-order chi connectivity index (χ0) is 11.8. The maximum absolute atomic E-state index is 6.11. The minimum absolute atomic E-state index is 0.665. The van der Waals surface area contributed by atoms with Crippen molar-refractivity contribution in [1.29, 1.82) is 0 Å². The molecule has 0 aliphatic carbocycles. The lowest BCUT2D eigenvalue weighted by Gasteiger charge is -2.02. The summed E-state index contributed by atoms with van der Waals surface area (Å²) in [6.45, 7) is 0. The highest BCUT2D eigenvalue weighted by Gasteiger charge is 2.09. The van der Waals surface area contributed by atoms with E-state index < -0.39 is 0 Å². The highest BCUT2D eigenvalue weighted by Crippen LogP contribution is 2.26. The van der Waals surface area contributed by atoms with Gasteiger partial charge in [0, 0.05) is 9.86 Å². The van der Waals surface area contributed by atoms with E-state index in [9.17, 15) is 0 Å². The molecule has 0 spiro atoms. The Labute approximate surface area is 107 Å². The first-order valence-corrected chi connectivity index (χ1v) is 6.04. The Bertz CT molecular complexity index is 674. The molecule has 0 amide bonds. The third kappa shape index (κ3) is 1.70. The number of aromatic nitrogens is 2. The molecule has 0 radical (unpaired) electrons. The Morgan fingerprint density at radius 3 is 2.59 bits per heavy atom.